The van der Waals surface area contributed by atoms with Gasteiger partial charge in [-0.3, -0.25) is 0 Å². The van der Waals surface area contributed by atoms with Crippen molar-refractivity contribution in [2.45, 2.75) is 11.7 Å². The number of rotatable bonds is 5. The van der Waals surface area contributed by atoms with Gasteiger partial charge in [-0.05, 0) is 30.3 Å². The third-order valence-electron chi connectivity index (χ3n) is 5.27. The molecule has 4 rings (SSSR count). The molecule has 2 atom stereocenters. The Bertz CT molecular complexity index is 1430. The molecule has 1 aliphatic carbocycles. The third-order valence-corrected chi connectivity index (χ3v) is 5.27. The van der Waals surface area contributed by atoms with Crippen LogP contribution in [0.5, 0.6) is 11.5 Å². The average molecular weight is 514 g/mol. The molecule has 4 nitrogen and oxygen atoms in total. The van der Waals surface area contributed by atoms with E-state index in [1.165, 1.54) is 24.3 Å². The Labute approximate surface area is 198 Å². The van der Waals surface area contributed by atoms with Crippen molar-refractivity contribution in [2.75, 3.05) is 11.5 Å². The number of nitrogens with two attached hydrogens (primary N) is 2. The minimum Gasteiger partial charge on any atom is -0.478 e. The van der Waals surface area contributed by atoms with E-state index < -0.39 is 69.6 Å². The van der Waals surface area contributed by atoms with Crippen molar-refractivity contribution >= 4 is 11.4 Å². The second kappa shape index (κ2) is 9.10. The second-order valence-corrected chi connectivity index (χ2v) is 7.62. The molecule has 0 saturated heterocycles. The van der Waals surface area contributed by atoms with Gasteiger partial charge >= 0.3 is 0 Å². The summed E-state index contributed by atoms with van der Waals surface area (Å²) in [5.41, 5.74) is 6.09. The minimum atomic E-state index is -3.60. The van der Waals surface area contributed by atoms with Crippen molar-refractivity contribution in [3.05, 3.63) is 107 Å². The Morgan fingerprint density at radius 1 is 0.667 bits per heavy atom. The van der Waals surface area contributed by atoms with Crippen molar-refractivity contribution in [1.29, 1.82) is 0 Å². The summed E-state index contributed by atoms with van der Waals surface area (Å²) in [6.07, 6.45) is -2.78. The van der Waals surface area contributed by atoms with E-state index >= 15 is 13.2 Å². The van der Waals surface area contributed by atoms with E-state index in [0.29, 0.717) is 0 Å². The number of halogens is 8. The molecule has 2 unspecified atom stereocenters. The fraction of sp³-hybridized carbons (Fsp3) is 0.0833. The van der Waals surface area contributed by atoms with Crippen LogP contribution in [-0.4, -0.2) is 6.10 Å². The Morgan fingerprint density at radius 3 is 1.86 bits per heavy atom. The number of hydrogen-bond donors (Lipinski definition) is 2. The molecule has 0 bridgehead atoms. The molecule has 0 radical (unpaired) electrons. The van der Waals surface area contributed by atoms with Gasteiger partial charge in [-0.2, -0.15) is 0 Å². The van der Waals surface area contributed by atoms with Gasteiger partial charge in [0.25, 0.3) is 0 Å². The molecule has 0 fully saturated rings. The highest BCUT2D eigenvalue weighted by atomic mass is 19.2. The molecule has 0 saturated carbocycles. The number of anilines is 2. The number of hydrogen-bond acceptors (Lipinski definition) is 4. The van der Waals surface area contributed by atoms with E-state index in [1.807, 2.05) is 0 Å². The number of benzene rings is 3. The first-order chi connectivity index (χ1) is 17.0. The van der Waals surface area contributed by atoms with Crippen LogP contribution in [0.3, 0.4) is 0 Å². The van der Waals surface area contributed by atoms with E-state index in [1.54, 1.807) is 0 Å². The van der Waals surface area contributed by atoms with Crippen LogP contribution in [0.15, 0.2) is 77.9 Å². The molecule has 1 aliphatic rings. The number of allylic oxidation sites excluding steroid dienone is 2. The van der Waals surface area contributed by atoms with Crippen LogP contribution in [-0.2, 0) is 5.60 Å². The fourth-order valence-corrected chi connectivity index (χ4v) is 3.65. The molecular formula is C24H14F8N2O2. The Kier molecular flexibility index (Phi) is 6.29. The van der Waals surface area contributed by atoms with Gasteiger partial charge in [0.05, 0.1) is 0 Å². The van der Waals surface area contributed by atoms with Gasteiger partial charge in [0, 0.05) is 29.1 Å². The largest absolute Gasteiger partial charge is 0.478 e. The van der Waals surface area contributed by atoms with Crippen LogP contribution in [0.2, 0.25) is 0 Å². The van der Waals surface area contributed by atoms with Crippen LogP contribution < -0.4 is 20.9 Å². The molecule has 0 aliphatic heterocycles. The second-order valence-electron chi connectivity index (χ2n) is 7.62. The van der Waals surface area contributed by atoms with Crippen LogP contribution in [0.1, 0.15) is 5.56 Å². The van der Waals surface area contributed by atoms with E-state index in [0.717, 1.165) is 24.3 Å². The monoisotopic (exact) mass is 514 g/mol. The number of ether oxygens (including phenoxy) is 2. The van der Waals surface area contributed by atoms with Crippen molar-refractivity contribution in [3.63, 3.8) is 0 Å². The SMILES string of the molecule is Nc1cccc(OC2C(F)=C(F)C(F)=C(F)C2(Oc2cccc(N)c2)c2cc(F)c(F)c(F)c2F)c1. The molecule has 12 heteroatoms. The van der Waals surface area contributed by atoms with Crippen molar-refractivity contribution in [1.82, 2.24) is 0 Å². The first kappa shape index (κ1) is 24.9. The highest BCUT2D eigenvalue weighted by Gasteiger charge is 2.59. The zero-order valence-electron chi connectivity index (χ0n) is 17.8. The molecule has 4 N–H and O–H groups in total. The summed E-state index contributed by atoms with van der Waals surface area (Å²) >= 11 is 0. The highest BCUT2D eigenvalue weighted by Crippen LogP contribution is 2.51. The van der Waals surface area contributed by atoms with Gasteiger partial charge < -0.3 is 20.9 Å². The molecule has 0 heterocycles. The zero-order valence-corrected chi connectivity index (χ0v) is 17.8. The molecule has 0 spiro atoms. The van der Waals surface area contributed by atoms with E-state index in [-0.39, 0.29) is 23.2 Å². The van der Waals surface area contributed by atoms with Gasteiger partial charge in [-0.15, -0.1) is 0 Å². The van der Waals surface area contributed by atoms with Gasteiger partial charge in [0.1, 0.15) is 11.5 Å². The van der Waals surface area contributed by atoms with E-state index in [2.05, 4.69) is 0 Å². The summed E-state index contributed by atoms with van der Waals surface area (Å²) in [6, 6.07) is 9.39. The summed E-state index contributed by atoms with van der Waals surface area (Å²) < 4.78 is 128. The maximum absolute atomic E-state index is 15.7. The molecule has 188 valence electrons. The van der Waals surface area contributed by atoms with Crippen molar-refractivity contribution in [2.24, 2.45) is 0 Å². The fourth-order valence-electron chi connectivity index (χ4n) is 3.65. The maximum atomic E-state index is 15.7. The molecule has 0 aromatic heterocycles. The standard InChI is InChI=1S/C24H14F8N2O2/c25-15-9-14(16(26)18(28)17(15)27)24(36-13-6-2-4-11(34)8-13)22(32)20(30)19(29)21(31)23(24)35-12-5-1-3-10(33)7-12/h1-9,23H,33-34H2. The van der Waals surface area contributed by atoms with Crippen LogP contribution in [0, 0.1) is 23.3 Å². The topological polar surface area (TPSA) is 70.5 Å². The smallest absolute Gasteiger partial charge is 0.234 e. The maximum Gasteiger partial charge on any atom is 0.234 e. The third kappa shape index (κ3) is 3.97. The van der Waals surface area contributed by atoms with Crippen molar-refractivity contribution in [3.8, 4) is 11.5 Å². The Morgan fingerprint density at radius 2 is 1.25 bits per heavy atom. The average Bonchev–Trinajstić information content (AvgIpc) is 2.84. The van der Waals surface area contributed by atoms with Gasteiger partial charge in [0.15, 0.2) is 46.6 Å². The normalized spacial score (nSPS) is 20.1. The summed E-state index contributed by atoms with van der Waals surface area (Å²) in [4.78, 5) is 0. The van der Waals surface area contributed by atoms with Crippen LogP contribution >= 0.6 is 0 Å². The van der Waals surface area contributed by atoms with Gasteiger partial charge in [-0.25, -0.2) is 35.1 Å². The Balaban J connectivity index is 2.07. The predicted octanol–water partition coefficient (Wildman–Crippen LogP) is 6.44. The lowest BCUT2D eigenvalue weighted by molar-refractivity contribution is -0.0357. The predicted molar refractivity (Wildman–Crippen MR) is 113 cm³/mol. The van der Waals surface area contributed by atoms with E-state index in [4.69, 9.17) is 20.9 Å². The molecule has 3 aromatic rings. The van der Waals surface area contributed by atoms with Gasteiger partial charge in [-0.1, -0.05) is 12.1 Å². The van der Waals surface area contributed by atoms with Crippen LogP contribution in [0.25, 0.3) is 0 Å². The first-order valence-electron chi connectivity index (χ1n) is 9.98. The van der Waals surface area contributed by atoms with Crippen molar-refractivity contribution < 1.29 is 44.6 Å². The number of nitrogen functional groups attached to an aromatic ring is 2. The lowest BCUT2D eigenvalue weighted by Crippen LogP contribution is -2.52. The zero-order chi connectivity index (χ0) is 26.4. The highest BCUT2D eigenvalue weighted by molar-refractivity contribution is 5.51. The Hall–Kier alpha value is -4.22. The van der Waals surface area contributed by atoms with E-state index in [9.17, 15) is 22.0 Å². The van der Waals surface area contributed by atoms with Gasteiger partial charge in [0.2, 0.25) is 11.7 Å². The molecule has 36 heavy (non-hydrogen) atoms. The minimum absolute atomic E-state index is 0.0303. The molecular weight excluding hydrogens is 500 g/mol. The lowest BCUT2D eigenvalue weighted by atomic mass is 9.81. The lowest BCUT2D eigenvalue weighted by Gasteiger charge is -2.41. The summed E-state index contributed by atoms with van der Waals surface area (Å²) in [5.74, 6) is -19.4. The summed E-state index contributed by atoms with van der Waals surface area (Å²) in [5, 5.41) is 0. The summed E-state index contributed by atoms with van der Waals surface area (Å²) in [6.45, 7) is 0. The summed E-state index contributed by atoms with van der Waals surface area (Å²) in [7, 11) is 0. The molecule has 3 aromatic carbocycles. The quantitative estimate of drug-likeness (QED) is 0.178. The van der Waals surface area contributed by atoms with Crippen LogP contribution in [0.4, 0.5) is 46.5 Å². The first-order valence-corrected chi connectivity index (χ1v) is 9.98. The molecule has 0 amide bonds.